The van der Waals surface area contributed by atoms with Gasteiger partial charge < -0.3 is 10.1 Å². The van der Waals surface area contributed by atoms with E-state index in [2.05, 4.69) is 15.2 Å². The standard InChI is InChI=1S/C20H16F3N3O3/c1-13(19(28)24-15-7-9-16(10-8-15)29-20(21,22)23)26-18(27)12-11-17(25-26)14-5-3-2-4-6-14/h2-13H,1H3,(H,24,28). The highest BCUT2D eigenvalue weighted by molar-refractivity contribution is 5.93. The molecule has 0 aliphatic rings. The second-order valence-corrected chi connectivity index (χ2v) is 6.10. The molecule has 0 aliphatic carbocycles. The number of aromatic nitrogens is 2. The van der Waals surface area contributed by atoms with Crippen molar-refractivity contribution in [3.05, 3.63) is 77.1 Å². The molecule has 0 bridgehead atoms. The Morgan fingerprint density at radius 3 is 2.31 bits per heavy atom. The van der Waals surface area contributed by atoms with E-state index >= 15 is 0 Å². The number of carbonyl (C=O) groups excluding carboxylic acids is 1. The van der Waals surface area contributed by atoms with Gasteiger partial charge in [-0.05, 0) is 37.3 Å². The number of nitrogens with one attached hydrogen (secondary N) is 1. The van der Waals surface area contributed by atoms with Crippen LogP contribution < -0.4 is 15.6 Å². The number of alkyl halides is 3. The largest absolute Gasteiger partial charge is 0.573 e. The molecule has 1 unspecified atom stereocenters. The van der Waals surface area contributed by atoms with E-state index in [1.807, 2.05) is 30.3 Å². The van der Waals surface area contributed by atoms with E-state index in [0.717, 1.165) is 22.4 Å². The summed E-state index contributed by atoms with van der Waals surface area (Å²) in [7, 11) is 0. The van der Waals surface area contributed by atoms with Crippen LogP contribution in [0.2, 0.25) is 0 Å². The van der Waals surface area contributed by atoms with Crippen molar-refractivity contribution < 1.29 is 22.7 Å². The molecule has 1 aromatic heterocycles. The van der Waals surface area contributed by atoms with Gasteiger partial charge in [-0.3, -0.25) is 9.59 Å². The molecule has 0 radical (unpaired) electrons. The maximum Gasteiger partial charge on any atom is 0.573 e. The summed E-state index contributed by atoms with van der Waals surface area (Å²) in [6.45, 7) is 1.50. The summed E-state index contributed by atoms with van der Waals surface area (Å²) in [5, 5.41) is 6.80. The maximum atomic E-state index is 12.5. The molecule has 0 aliphatic heterocycles. The number of hydrogen-bond acceptors (Lipinski definition) is 4. The summed E-state index contributed by atoms with van der Waals surface area (Å²) in [6, 6.07) is 15.8. The van der Waals surface area contributed by atoms with Crippen LogP contribution in [0, 0.1) is 0 Å². The minimum atomic E-state index is -4.80. The van der Waals surface area contributed by atoms with Crippen molar-refractivity contribution in [3.8, 4) is 17.0 Å². The fourth-order valence-corrected chi connectivity index (χ4v) is 2.56. The number of halogens is 3. The Balaban J connectivity index is 1.76. The summed E-state index contributed by atoms with van der Waals surface area (Å²) in [6.07, 6.45) is -4.80. The third kappa shape index (κ3) is 5.22. The average molecular weight is 403 g/mol. The molecular formula is C20H16F3N3O3. The normalized spacial score (nSPS) is 12.3. The highest BCUT2D eigenvalue weighted by Crippen LogP contribution is 2.24. The fraction of sp³-hybridized carbons (Fsp3) is 0.150. The van der Waals surface area contributed by atoms with Crippen LogP contribution in [0.3, 0.4) is 0 Å². The lowest BCUT2D eigenvalue weighted by Crippen LogP contribution is -2.33. The Hall–Kier alpha value is -3.62. The molecule has 1 heterocycles. The minimum absolute atomic E-state index is 0.253. The smallest absolute Gasteiger partial charge is 0.406 e. The van der Waals surface area contributed by atoms with E-state index in [1.165, 1.54) is 25.1 Å². The molecule has 0 fully saturated rings. The monoisotopic (exact) mass is 403 g/mol. The molecule has 0 saturated heterocycles. The quantitative estimate of drug-likeness (QED) is 0.699. The van der Waals surface area contributed by atoms with Crippen molar-refractivity contribution in [2.45, 2.75) is 19.3 Å². The van der Waals surface area contributed by atoms with Gasteiger partial charge in [0.15, 0.2) is 0 Å². The summed E-state index contributed by atoms with van der Waals surface area (Å²) >= 11 is 0. The SMILES string of the molecule is CC(C(=O)Nc1ccc(OC(F)(F)F)cc1)n1nc(-c2ccccc2)ccc1=O. The first kappa shape index (κ1) is 20.1. The molecule has 9 heteroatoms. The average Bonchev–Trinajstić information content (AvgIpc) is 2.69. The zero-order valence-corrected chi connectivity index (χ0v) is 15.2. The number of nitrogens with zero attached hydrogens (tertiary/aromatic N) is 2. The molecular weight excluding hydrogens is 387 g/mol. The van der Waals surface area contributed by atoms with Gasteiger partial charge in [0, 0.05) is 17.3 Å². The molecule has 29 heavy (non-hydrogen) atoms. The number of amides is 1. The van der Waals surface area contributed by atoms with Crippen LogP contribution in [0.15, 0.2) is 71.5 Å². The minimum Gasteiger partial charge on any atom is -0.406 e. The molecule has 150 valence electrons. The van der Waals surface area contributed by atoms with Crippen LogP contribution in [0.5, 0.6) is 5.75 Å². The summed E-state index contributed by atoms with van der Waals surface area (Å²) in [5.41, 5.74) is 1.11. The molecule has 1 amide bonds. The van der Waals surface area contributed by atoms with E-state index in [9.17, 15) is 22.8 Å². The first-order chi connectivity index (χ1) is 13.7. The number of carbonyl (C=O) groups is 1. The Kier molecular flexibility index (Phi) is 5.67. The lowest BCUT2D eigenvalue weighted by molar-refractivity contribution is -0.274. The molecule has 0 saturated carbocycles. The van der Waals surface area contributed by atoms with Crippen LogP contribution in [0.1, 0.15) is 13.0 Å². The first-order valence-corrected chi connectivity index (χ1v) is 8.55. The topological polar surface area (TPSA) is 73.2 Å². The Labute approximate surface area is 163 Å². The second kappa shape index (κ2) is 8.17. The van der Waals surface area contributed by atoms with Gasteiger partial charge in [0.25, 0.3) is 5.56 Å². The van der Waals surface area contributed by atoms with Crippen molar-refractivity contribution in [1.82, 2.24) is 9.78 Å². The number of benzene rings is 2. The summed E-state index contributed by atoms with van der Waals surface area (Å²) in [5.74, 6) is -0.953. The Morgan fingerprint density at radius 1 is 1.03 bits per heavy atom. The van der Waals surface area contributed by atoms with E-state index in [4.69, 9.17) is 0 Å². The van der Waals surface area contributed by atoms with Gasteiger partial charge >= 0.3 is 6.36 Å². The second-order valence-electron chi connectivity index (χ2n) is 6.10. The maximum absolute atomic E-state index is 12.5. The van der Waals surface area contributed by atoms with E-state index in [1.54, 1.807) is 6.07 Å². The fourth-order valence-electron chi connectivity index (χ4n) is 2.56. The number of hydrogen-bond donors (Lipinski definition) is 1. The lowest BCUT2D eigenvalue weighted by atomic mass is 10.1. The predicted octanol–water partition coefficient (Wildman–Crippen LogP) is 4.01. The zero-order chi connectivity index (χ0) is 21.0. The van der Waals surface area contributed by atoms with Gasteiger partial charge in [-0.1, -0.05) is 30.3 Å². The molecule has 6 nitrogen and oxygen atoms in total. The molecule has 3 aromatic rings. The van der Waals surface area contributed by atoms with Crippen molar-refractivity contribution in [1.29, 1.82) is 0 Å². The van der Waals surface area contributed by atoms with Crippen LogP contribution in [0.25, 0.3) is 11.3 Å². The van der Waals surface area contributed by atoms with Crippen molar-refractivity contribution in [3.63, 3.8) is 0 Å². The molecule has 0 spiro atoms. The van der Waals surface area contributed by atoms with Gasteiger partial charge in [-0.25, -0.2) is 4.68 Å². The van der Waals surface area contributed by atoms with Crippen molar-refractivity contribution in [2.75, 3.05) is 5.32 Å². The molecule has 1 N–H and O–H groups in total. The van der Waals surface area contributed by atoms with Crippen molar-refractivity contribution >= 4 is 11.6 Å². The van der Waals surface area contributed by atoms with Crippen LogP contribution >= 0.6 is 0 Å². The first-order valence-electron chi connectivity index (χ1n) is 8.55. The molecule has 1 atom stereocenters. The van der Waals surface area contributed by atoms with E-state index in [-0.39, 0.29) is 5.69 Å². The van der Waals surface area contributed by atoms with Crippen LogP contribution in [0.4, 0.5) is 18.9 Å². The summed E-state index contributed by atoms with van der Waals surface area (Å²) in [4.78, 5) is 24.7. The number of ether oxygens (including phenoxy) is 1. The van der Waals surface area contributed by atoms with Gasteiger partial charge in [0.2, 0.25) is 5.91 Å². The zero-order valence-electron chi connectivity index (χ0n) is 15.2. The van der Waals surface area contributed by atoms with Crippen LogP contribution in [-0.2, 0) is 4.79 Å². The van der Waals surface area contributed by atoms with Gasteiger partial charge in [-0.15, -0.1) is 13.2 Å². The van der Waals surface area contributed by atoms with E-state index < -0.39 is 29.6 Å². The number of rotatable bonds is 5. The summed E-state index contributed by atoms with van der Waals surface area (Å²) < 4.78 is 41.5. The Bertz CT molecular complexity index is 1050. The molecule has 3 rings (SSSR count). The van der Waals surface area contributed by atoms with E-state index in [0.29, 0.717) is 5.69 Å². The van der Waals surface area contributed by atoms with Crippen molar-refractivity contribution in [2.24, 2.45) is 0 Å². The highest BCUT2D eigenvalue weighted by atomic mass is 19.4. The van der Waals surface area contributed by atoms with Gasteiger partial charge in [0.05, 0.1) is 5.69 Å². The predicted molar refractivity (Wildman–Crippen MR) is 100 cm³/mol. The third-order valence-corrected chi connectivity index (χ3v) is 4.00. The molecule has 2 aromatic carbocycles. The lowest BCUT2D eigenvalue weighted by Gasteiger charge is -2.15. The number of anilines is 1. The van der Waals surface area contributed by atoms with Gasteiger partial charge in [0.1, 0.15) is 11.8 Å². The Morgan fingerprint density at radius 2 is 1.69 bits per heavy atom. The van der Waals surface area contributed by atoms with Crippen LogP contribution in [-0.4, -0.2) is 22.1 Å². The third-order valence-electron chi connectivity index (χ3n) is 4.00. The van der Waals surface area contributed by atoms with Gasteiger partial charge in [-0.2, -0.15) is 5.10 Å². The highest BCUT2D eigenvalue weighted by Gasteiger charge is 2.31.